The van der Waals surface area contributed by atoms with Gasteiger partial charge in [0.15, 0.2) is 5.78 Å². The molecule has 0 spiro atoms. The van der Waals surface area contributed by atoms with E-state index in [0.717, 1.165) is 5.69 Å². The molecule has 0 radical (unpaired) electrons. The molecule has 5 heteroatoms. The summed E-state index contributed by atoms with van der Waals surface area (Å²) in [5, 5.41) is 2.78. The van der Waals surface area contributed by atoms with Crippen LogP contribution in [0.2, 0.25) is 0 Å². The van der Waals surface area contributed by atoms with Gasteiger partial charge in [0.2, 0.25) is 0 Å². The molecule has 0 fully saturated rings. The van der Waals surface area contributed by atoms with Crippen molar-refractivity contribution in [2.24, 2.45) is 0 Å². The van der Waals surface area contributed by atoms with E-state index in [9.17, 15) is 14.0 Å². The highest BCUT2D eigenvalue weighted by molar-refractivity contribution is 5.98. The number of benzene rings is 1. The molecule has 4 nitrogen and oxygen atoms in total. The molecule has 0 saturated heterocycles. The number of rotatable bonds is 5. The lowest BCUT2D eigenvalue weighted by molar-refractivity contribution is 0.0918. The smallest absolute Gasteiger partial charge is 0.253 e. The first-order chi connectivity index (χ1) is 9.97. The van der Waals surface area contributed by atoms with E-state index in [1.54, 1.807) is 19.2 Å². The molecule has 0 unspecified atom stereocenters. The molecule has 1 amide bonds. The molecular formula is C16H17FN2O2. The van der Waals surface area contributed by atoms with Gasteiger partial charge in [-0.2, -0.15) is 0 Å². The third kappa shape index (κ3) is 3.78. The van der Waals surface area contributed by atoms with Crippen LogP contribution in [-0.4, -0.2) is 22.7 Å². The van der Waals surface area contributed by atoms with Crippen LogP contribution in [0, 0.1) is 12.7 Å². The molecule has 21 heavy (non-hydrogen) atoms. The highest BCUT2D eigenvalue weighted by Gasteiger charge is 2.16. The fourth-order valence-electron chi connectivity index (χ4n) is 2.08. The van der Waals surface area contributed by atoms with E-state index >= 15 is 0 Å². The molecule has 1 aromatic carbocycles. The van der Waals surface area contributed by atoms with E-state index in [0.29, 0.717) is 11.1 Å². The average molecular weight is 288 g/mol. The summed E-state index contributed by atoms with van der Waals surface area (Å²) in [6.45, 7) is 3.57. The Bertz CT molecular complexity index is 647. The quantitative estimate of drug-likeness (QED) is 0.831. The first kappa shape index (κ1) is 15.0. The third-order valence-corrected chi connectivity index (χ3v) is 3.23. The number of aromatic amines is 1. The van der Waals surface area contributed by atoms with Gasteiger partial charge in [0.1, 0.15) is 5.82 Å². The second-order valence-corrected chi connectivity index (χ2v) is 5.03. The van der Waals surface area contributed by atoms with Crippen LogP contribution in [-0.2, 0) is 0 Å². The number of carbonyl (C=O) groups excluding carboxylic acids is 2. The van der Waals surface area contributed by atoms with Gasteiger partial charge < -0.3 is 10.3 Å². The molecule has 1 atom stereocenters. The van der Waals surface area contributed by atoms with E-state index in [1.165, 1.54) is 24.3 Å². The second kappa shape index (κ2) is 6.35. The number of Topliss-reactive ketones (excluding diaryl/α,β-unsaturated/α-hetero) is 1. The summed E-state index contributed by atoms with van der Waals surface area (Å²) < 4.78 is 12.8. The zero-order chi connectivity index (χ0) is 15.4. The van der Waals surface area contributed by atoms with Crippen molar-refractivity contribution >= 4 is 11.7 Å². The van der Waals surface area contributed by atoms with Crippen LogP contribution in [0.25, 0.3) is 0 Å². The van der Waals surface area contributed by atoms with E-state index in [-0.39, 0.29) is 30.0 Å². The minimum Gasteiger partial charge on any atom is -0.365 e. The number of ketones is 1. The van der Waals surface area contributed by atoms with E-state index in [4.69, 9.17) is 0 Å². The highest BCUT2D eigenvalue weighted by Crippen LogP contribution is 2.09. The lowest BCUT2D eigenvalue weighted by atomic mass is 10.0. The molecule has 0 aliphatic heterocycles. The molecule has 2 rings (SSSR count). The van der Waals surface area contributed by atoms with Gasteiger partial charge in [-0.3, -0.25) is 9.59 Å². The van der Waals surface area contributed by atoms with Gasteiger partial charge in [-0.15, -0.1) is 0 Å². The van der Waals surface area contributed by atoms with Crippen LogP contribution in [0.4, 0.5) is 4.39 Å². The van der Waals surface area contributed by atoms with E-state index in [2.05, 4.69) is 10.3 Å². The number of carbonyl (C=O) groups is 2. The van der Waals surface area contributed by atoms with Gasteiger partial charge in [0, 0.05) is 29.9 Å². The summed E-state index contributed by atoms with van der Waals surface area (Å²) in [5.41, 5.74) is 1.79. The Morgan fingerprint density at radius 1 is 1.24 bits per heavy atom. The second-order valence-electron chi connectivity index (χ2n) is 5.03. The first-order valence-corrected chi connectivity index (χ1v) is 6.71. The predicted molar refractivity (Wildman–Crippen MR) is 77.8 cm³/mol. The van der Waals surface area contributed by atoms with Crippen molar-refractivity contribution in [2.75, 3.05) is 0 Å². The third-order valence-electron chi connectivity index (χ3n) is 3.23. The molecule has 0 aliphatic carbocycles. The summed E-state index contributed by atoms with van der Waals surface area (Å²) in [7, 11) is 0. The van der Waals surface area contributed by atoms with Gasteiger partial charge in [-0.05, 0) is 44.2 Å². The van der Waals surface area contributed by atoms with Crippen molar-refractivity contribution in [3.63, 3.8) is 0 Å². The van der Waals surface area contributed by atoms with Crippen LogP contribution >= 0.6 is 0 Å². The molecule has 2 aromatic rings. The number of amides is 1. The monoisotopic (exact) mass is 288 g/mol. The minimum absolute atomic E-state index is 0.131. The number of aryl methyl sites for hydroxylation is 1. The topological polar surface area (TPSA) is 62.0 Å². The van der Waals surface area contributed by atoms with Crippen molar-refractivity contribution < 1.29 is 14.0 Å². The van der Waals surface area contributed by atoms with Crippen molar-refractivity contribution in [3.05, 3.63) is 59.2 Å². The van der Waals surface area contributed by atoms with Gasteiger partial charge in [0.05, 0.1) is 5.56 Å². The number of halogens is 1. The summed E-state index contributed by atoms with van der Waals surface area (Å²) in [4.78, 5) is 27.0. The largest absolute Gasteiger partial charge is 0.365 e. The first-order valence-electron chi connectivity index (χ1n) is 6.71. The van der Waals surface area contributed by atoms with Crippen molar-refractivity contribution in [2.45, 2.75) is 26.3 Å². The van der Waals surface area contributed by atoms with Crippen molar-refractivity contribution in [1.29, 1.82) is 0 Å². The van der Waals surface area contributed by atoms with E-state index < -0.39 is 0 Å². The van der Waals surface area contributed by atoms with Crippen LogP contribution in [0.5, 0.6) is 0 Å². The Morgan fingerprint density at radius 2 is 1.90 bits per heavy atom. The number of hydrogen-bond acceptors (Lipinski definition) is 2. The Hall–Kier alpha value is -2.43. The summed E-state index contributed by atoms with van der Waals surface area (Å²) in [5.74, 6) is -0.724. The molecule has 0 bridgehead atoms. The maximum Gasteiger partial charge on any atom is 0.253 e. The fourth-order valence-corrected chi connectivity index (χ4v) is 2.08. The Labute approximate surface area is 122 Å². The lowest BCUT2D eigenvalue weighted by Gasteiger charge is -2.13. The standard InChI is InChI=1S/C16H17FN2O2/c1-10(19-16(21)14-7-8-18-11(14)2)9-15(20)12-3-5-13(17)6-4-12/h3-8,10,18H,9H2,1-2H3,(H,19,21)/t10-/m1/s1. The SMILES string of the molecule is Cc1[nH]ccc1C(=O)N[C@H](C)CC(=O)c1ccc(F)cc1. The molecule has 2 N–H and O–H groups in total. The molecule has 1 aromatic heterocycles. The van der Waals surface area contributed by atoms with Crippen molar-refractivity contribution in [3.8, 4) is 0 Å². The molecular weight excluding hydrogens is 271 g/mol. The number of nitrogens with one attached hydrogen (secondary N) is 2. The average Bonchev–Trinajstić information content (AvgIpc) is 2.85. The fraction of sp³-hybridized carbons (Fsp3) is 0.250. The Morgan fingerprint density at radius 3 is 2.48 bits per heavy atom. The minimum atomic E-state index is -0.379. The van der Waals surface area contributed by atoms with Gasteiger partial charge in [-0.1, -0.05) is 0 Å². The number of aromatic nitrogens is 1. The van der Waals surface area contributed by atoms with Crippen LogP contribution in [0.3, 0.4) is 0 Å². The summed E-state index contributed by atoms with van der Waals surface area (Å²) in [6, 6.07) is 6.79. The Balaban J connectivity index is 1.94. The zero-order valence-electron chi connectivity index (χ0n) is 11.9. The zero-order valence-corrected chi connectivity index (χ0v) is 11.9. The van der Waals surface area contributed by atoms with Crippen LogP contribution in [0.15, 0.2) is 36.5 Å². The van der Waals surface area contributed by atoms with Crippen molar-refractivity contribution in [1.82, 2.24) is 10.3 Å². The summed E-state index contributed by atoms with van der Waals surface area (Å²) in [6.07, 6.45) is 1.86. The van der Waals surface area contributed by atoms with Crippen LogP contribution < -0.4 is 5.32 Å². The maximum absolute atomic E-state index is 12.8. The van der Waals surface area contributed by atoms with E-state index in [1.807, 2.05) is 6.92 Å². The molecule has 1 heterocycles. The van der Waals surface area contributed by atoms with Gasteiger partial charge in [0.25, 0.3) is 5.91 Å². The normalized spacial score (nSPS) is 12.0. The summed E-state index contributed by atoms with van der Waals surface area (Å²) >= 11 is 0. The Kier molecular flexibility index (Phi) is 4.52. The predicted octanol–water partition coefficient (Wildman–Crippen LogP) is 2.85. The lowest BCUT2D eigenvalue weighted by Crippen LogP contribution is -2.34. The highest BCUT2D eigenvalue weighted by atomic mass is 19.1. The molecule has 0 saturated carbocycles. The van der Waals surface area contributed by atoms with Gasteiger partial charge in [-0.25, -0.2) is 4.39 Å². The van der Waals surface area contributed by atoms with Gasteiger partial charge >= 0.3 is 0 Å². The number of H-pyrrole nitrogens is 1. The maximum atomic E-state index is 12.8. The van der Waals surface area contributed by atoms with Crippen LogP contribution in [0.1, 0.15) is 39.8 Å². The molecule has 0 aliphatic rings. The number of hydrogen-bond donors (Lipinski definition) is 2. The molecule has 110 valence electrons.